The van der Waals surface area contributed by atoms with E-state index in [0.29, 0.717) is 0 Å². The summed E-state index contributed by atoms with van der Waals surface area (Å²) in [6.45, 7) is 2.00. The zero-order valence-electron chi connectivity index (χ0n) is 8.78. The number of rotatable bonds is 3. The largest absolute Gasteiger partial charge is 0.235 e. The lowest BCUT2D eigenvalue weighted by atomic mass is 10.5. The van der Waals surface area contributed by atoms with Gasteiger partial charge in [0.25, 0.3) is 0 Å². The highest BCUT2D eigenvalue weighted by molar-refractivity contribution is 8.02. The molecule has 0 N–H and O–H groups in total. The molecular weight excluding hydrogens is 290 g/mol. The van der Waals surface area contributed by atoms with Gasteiger partial charge in [-0.1, -0.05) is 17.4 Å². The fraction of sp³-hybridized carbons (Fsp3) is 0.100. The first-order chi connectivity index (χ1) is 8.31. The fourth-order valence-electron chi connectivity index (χ4n) is 1.20. The topological polar surface area (TPSA) is 38.7 Å². The second-order valence-electron chi connectivity index (χ2n) is 3.21. The molecule has 0 saturated heterocycles. The second kappa shape index (κ2) is 4.85. The van der Waals surface area contributed by atoms with Gasteiger partial charge in [0.05, 0.1) is 4.88 Å². The van der Waals surface area contributed by atoms with E-state index in [1.807, 2.05) is 23.8 Å². The molecule has 3 aromatic rings. The monoisotopic (exact) mass is 297 g/mol. The van der Waals surface area contributed by atoms with Crippen LogP contribution < -0.4 is 0 Å². The van der Waals surface area contributed by atoms with Gasteiger partial charge >= 0.3 is 0 Å². The molecule has 0 unspecified atom stereocenters. The van der Waals surface area contributed by atoms with Crippen LogP contribution in [-0.4, -0.2) is 15.2 Å². The highest BCUT2D eigenvalue weighted by Crippen LogP contribution is 2.36. The molecule has 0 aromatic carbocycles. The summed E-state index contributed by atoms with van der Waals surface area (Å²) in [6.07, 6.45) is 0. The minimum absolute atomic E-state index is 0.947. The summed E-state index contributed by atoms with van der Waals surface area (Å²) < 4.78 is 1.97. The standard InChI is InChI=1S/C10H7N3S4/c1-6-5-15-9(11-6)17-10-13-12-8(16-10)7-3-2-4-14-7/h2-5H,1H3. The van der Waals surface area contributed by atoms with Crippen LogP contribution in [0.1, 0.15) is 5.69 Å². The predicted molar refractivity (Wildman–Crippen MR) is 74.2 cm³/mol. The SMILES string of the molecule is Cc1csc(Sc2nnc(-c3cccs3)s2)n1. The van der Waals surface area contributed by atoms with Crippen molar-refractivity contribution in [1.82, 2.24) is 15.2 Å². The van der Waals surface area contributed by atoms with Crippen molar-refractivity contribution < 1.29 is 0 Å². The molecule has 0 amide bonds. The number of hydrogen-bond acceptors (Lipinski definition) is 7. The summed E-state index contributed by atoms with van der Waals surface area (Å²) in [5.41, 5.74) is 1.06. The van der Waals surface area contributed by atoms with Crippen LogP contribution in [0, 0.1) is 6.92 Å². The Morgan fingerprint density at radius 3 is 2.82 bits per heavy atom. The Labute approximate surface area is 115 Å². The zero-order valence-corrected chi connectivity index (χ0v) is 12.1. The Bertz CT molecular complexity index is 611. The van der Waals surface area contributed by atoms with Gasteiger partial charge in [-0.2, -0.15) is 0 Å². The Morgan fingerprint density at radius 2 is 2.12 bits per heavy atom. The third kappa shape index (κ3) is 2.57. The average Bonchev–Trinajstić information content (AvgIpc) is 3.00. The van der Waals surface area contributed by atoms with Crippen LogP contribution >= 0.6 is 45.8 Å². The number of aromatic nitrogens is 3. The average molecular weight is 297 g/mol. The molecule has 3 rings (SSSR count). The van der Waals surface area contributed by atoms with Crippen LogP contribution in [0.25, 0.3) is 9.88 Å². The van der Waals surface area contributed by atoms with E-state index in [9.17, 15) is 0 Å². The molecular formula is C10H7N3S4. The van der Waals surface area contributed by atoms with Crippen LogP contribution in [0.15, 0.2) is 31.6 Å². The zero-order chi connectivity index (χ0) is 11.7. The van der Waals surface area contributed by atoms with E-state index in [1.165, 1.54) is 4.88 Å². The molecule has 0 spiro atoms. The van der Waals surface area contributed by atoms with Gasteiger partial charge in [-0.3, -0.25) is 0 Å². The lowest BCUT2D eigenvalue weighted by molar-refractivity contribution is 1.01. The first-order valence-electron chi connectivity index (χ1n) is 4.78. The van der Waals surface area contributed by atoms with Crippen molar-refractivity contribution in [3.05, 3.63) is 28.6 Å². The maximum Gasteiger partial charge on any atom is 0.181 e. The molecule has 0 atom stereocenters. The van der Waals surface area contributed by atoms with Crippen LogP contribution in [0.4, 0.5) is 0 Å². The van der Waals surface area contributed by atoms with Crippen molar-refractivity contribution in [2.45, 2.75) is 15.6 Å². The molecule has 3 heterocycles. The maximum atomic E-state index is 4.40. The van der Waals surface area contributed by atoms with Gasteiger partial charge in [0.15, 0.2) is 13.7 Å². The molecule has 17 heavy (non-hydrogen) atoms. The van der Waals surface area contributed by atoms with Crippen molar-refractivity contribution in [3.8, 4) is 9.88 Å². The summed E-state index contributed by atoms with van der Waals surface area (Å²) >= 11 is 6.53. The Hall–Kier alpha value is -0.760. The Morgan fingerprint density at radius 1 is 1.18 bits per heavy atom. The normalized spacial score (nSPS) is 10.9. The predicted octanol–water partition coefficient (Wildman–Crippen LogP) is 4.18. The Kier molecular flexibility index (Phi) is 3.24. The van der Waals surface area contributed by atoms with Crippen LogP contribution in [0.2, 0.25) is 0 Å². The molecule has 0 fully saturated rings. The summed E-state index contributed by atoms with van der Waals surface area (Å²) in [4.78, 5) is 5.57. The number of nitrogens with zero attached hydrogens (tertiary/aromatic N) is 3. The summed E-state index contributed by atoms with van der Waals surface area (Å²) in [6, 6.07) is 4.09. The first-order valence-corrected chi connectivity index (χ1v) is 8.18. The molecule has 86 valence electrons. The lowest BCUT2D eigenvalue weighted by Gasteiger charge is -1.87. The van der Waals surface area contributed by atoms with E-state index in [4.69, 9.17) is 0 Å². The highest BCUT2D eigenvalue weighted by atomic mass is 32.2. The van der Waals surface area contributed by atoms with Crippen molar-refractivity contribution in [1.29, 1.82) is 0 Å². The van der Waals surface area contributed by atoms with E-state index in [-0.39, 0.29) is 0 Å². The number of thiazole rings is 1. The molecule has 0 aliphatic heterocycles. The highest BCUT2D eigenvalue weighted by Gasteiger charge is 2.10. The number of thiophene rings is 1. The maximum absolute atomic E-state index is 4.40. The van der Waals surface area contributed by atoms with Gasteiger partial charge in [0.2, 0.25) is 0 Å². The quantitative estimate of drug-likeness (QED) is 0.727. The van der Waals surface area contributed by atoms with E-state index >= 15 is 0 Å². The van der Waals surface area contributed by atoms with E-state index in [0.717, 1.165) is 19.4 Å². The van der Waals surface area contributed by atoms with Gasteiger partial charge < -0.3 is 0 Å². The third-order valence-corrected chi connectivity index (χ3v) is 5.98. The molecule has 0 radical (unpaired) electrons. The molecule has 7 heteroatoms. The first kappa shape index (κ1) is 11.3. The van der Waals surface area contributed by atoms with Gasteiger partial charge in [-0.25, -0.2) is 4.98 Å². The van der Waals surface area contributed by atoms with Gasteiger partial charge in [-0.15, -0.1) is 32.9 Å². The van der Waals surface area contributed by atoms with Crippen molar-refractivity contribution in [2.24, 2.45) is 0 Å². The molecule has 0 aliphatic rings. The second-order valence-corrected chi connectivity index (χ2v) is 7.48. The summed E-state index contributed by atoms with van der Waals surface area (Å²) in [5.74, 6) is 0. The molecule has 3 nitrogen and oxygen atoms in total. The smallest absolute Gasteiger partial charge is 0.181 e. The van der Waals surface area contributed by atoms with Crippen LogP contribution in [0.3, 0.4) is 0 Å². The minimum Gasteiger partial charge on any atom is -0.235 e. The van der Waals surface area contributed by atoms with Gasteiger partial charge in [0.1, 0.15) is 0 Å². The number of hydrogen-bond donors (Lipinski definition) is 0. The number of aryl methyl sites for hydroxylation is 1. The van der Waals surface area contributed by atoms with Gasteiger partial charge in [-0.05, 0) is 30.1 Å². The minimum atomic E-state index is 0.947. The van der Waals surface area contributed by atoms with Crippen molar-refractivity contribution in [2.75, 3.05) is 0 Å². The fourth-order valence-corrected chi connectivity index (χ4v) is 4.89. The van der Waals surface area contributed by atoms with Crippen LogP contribution in [-0.2, 0) is 0 Å². The summed E-state index contributed by atoms with van der Waals surface area (Å²) in [7, 11) is 0. The van der Waals surface area contributed by atoms with Gasteiger partial charge in [0, 0.05) is 11.1 Å². The Balaban J connectivity index is 1.81. The van der Waals surface area contributed by atoms with E-state index in [1.54, 1.807) is 45.8 Å². The lowest BCUT2D eigenvalue weighted by Crippen LogP contribution is -1.73. The van der Waals surface area contributed by atoms with Crippen molar-refractivity contribution >= 4 is 45.8 Å². The van der Waals surface area contributed by atoms with Crippen molar-refractivity contribution in [3.63, 3.8) is 0 Å². The van der Waals surface area contributed by atoms with E-state index in [2.05, 4.69) is 21.2 Å². The molecule has 0 bridgehead atoms. The molecule has 3 aromatic heterocycles. The molecule has 0 aliphatic carbocycles. The molecule has 0 saturated carbocycles. The van der Waals surface area contributed by atoms with E-state index < -0.39 is 0 Å². The van der Waals surface area contributed by atoms with Crippen LogP contribution in [0.5, 0.6) is 0 Å². The third-order valence-electron chi connectivity index (χ3n) is 1.91. The summed E-state index contributed by atoms with van der Waals surface area (Å²) in [5, 5.41) is 13.5.